The fourth-order valence-electron chi connectivity index (χ4n) is 3.53. The molecule has 0 spiro atoms. The van der Waals surface area contributed by atoms with Crippen LogP contribution in [0.5, 0.6) is 11.5 Å². The second kappa shape index (κ2) is 8.80. The van der Waals surface area contributed by atoms with Crippen LogP contribution in [0.15, 0.2) is 36.7 Å². The molecule has 0 aliphatic rings. The Bertz CT molecular complexity index is 1350. The van der Waals surface area contributed by atoms with E-state index in [-0.39, 0.29) is 11.1 Å². The number of esters is 2. The summed E-state index contributed by atoms with van der Waals surface area (Å²) in [5.41, 5.74) is 7.83. The van der Waals surface area contributed by atoms with Crippen LogP contribution in [0, 0.1) is 0 Å². The van der Waals surface area contributed by atoms with Crippen molar-refractivity contribution in [2.75, 3.05) is 5.73 Å². The van der Waals surface area contributed by atoms with Crippen molar-refractivity contribution in [1.82, 2.24) is 19.5 Å². The number of imidazole rings is 1. The van der Waals surface area contributed by atoms with Gasteiger partial charge in [-0.2, -0.15) is 9.97 Å². The predicted octanol–water partition coefficient (Wildman–Crippen LogP) is 3.70. The van der Waals surface area contributed by atoms with Crippen LogP contribution in [-0.4, -0.2) is 31.5 Å². The van der Waals surface area contributed by atoms with Crippen molar-refractivity contribution < 1.29 is 19.1 Å². The molecule has 4 rings (SSSR count). The predicted molar refractivity (Wildman–Crippen MR) is 120 cm³/mol. The number of benzene rings is 2. The quantitative estimate of drug-likeness (QED) is 0.266. The number of hydrogen-bond donors (Lipinski definition) is 1. The number of aromatic nitrogens is 4. The van der Waals surface area contributed by atoms with Crippen molar-refractivity contribution in [3.05, 3.63) is 47.4 Å². The molecule has 0 aliphatic heterocycles. The van der Waals surface area contributed by atoms with Crippen molar-refractivity contribution in [1.29, 1.82) is 0 Å². The van der Waals surface area contributed by atoms with E-state index >= 15 is 0 Å². The molecule has 2 N–H and O–H groups in total. The van der Waals surface area contributed by atoms with Gasteiger partial charge in [-0.05, 0) is 36.6 Å². The molecule has 164 valence electrons. The average Bonchev–Trinajstić information content (AvgIpc) is 3.12. The number of nitrogens with zero attached hydrogens (tertiary/aromatic N) is 4. The molecule has 0 unspecified atom stereocenters. The minimum absolute atomic E-state index is 0.0976. The number of ether oxygens (including phenoxy) is 2. The number of aryl methyl sites for hydroxylation is 2. The molecule has 0 saturated heterocycles. The molecule has 32 heavy (non-hydrogen) atoms. The maximum Gasteiger partial charge on any atom is 0.308 e. The molecule has 0 amide bonds. The van der Waals surface area contributed by atoms with Gasteiger partial charge < -0.3 is 19.8 Å². The number of rotatable bonds is 6. The van der Waals surface area contributed by atoms with E-state index in [4.69, 9.17) is 26.8 Å². The van der Waals surface area contributed by atoms with E-state index in [1.165, 1.54) is 13.8 Å². The SMILES string of the molecule is CC(=O)Oc1ccc(OC(C)=O)c2cc(CCCn3cnc4c(Cl)nc(N)nc43)ccc12. The fourth-order valence-corrected chi connectivity index (χ4v) is 3.75. The standard InChI is InChI=1S/C22H20ClN5O4/c1-12(29)31-17-7-8-18(32-13(2)30)16-10-14(5-6-15(16)17)4-3-9-28-11-25-19-20(23)26-22(24)27-21(19)28/h5-8,10-11H,3-4,9H2,1-2H3,(H2,24,26,27). The summed E-state index contributed by atoms with van der Waals surface area (Å²) in [6.07, 6.45) is 3.18. The van der Waals surface area contributed by atoms with Crippen LogP contribution in [0.2, 0.25) is 5.15 Å². The Labute approximate surface area is 188 Å². The van der Waals surface area contributed by atoms with E-state index in [2.05, 4.69) is 15.0 Å². The van der Waals surface area contributed by atoms with E-state index in [1.807, 2.05) is 22.8 Å². The normalized spacial score (nSPS) is 11.1. The summed E-state index contributed by atoms with van der Waals surface area (Å²) in [6.45, 7) is 3.32. The number of fused-ring (bicyclic) bond motifs is 2. The van der Waals surface area contributed by atoms with Gasteiger partial charge in [0.2, 0.25) is 5.95 Å². The number of halogens is 1. The minimum Gasteiger partial charge on any atom is -0.426 e. The van der Waals surface area contributed by atoms with Crippen molar-refractivity contribution >= 4 is 51.4 Å². The first-order valence-electron chi connectivity index (χ1n) is 9.88. The molecule has 0 radical (unpaired) electrons. The molecule has 10 heteroatoms. The van der Waals surface area contributed by atoms with Crippen LogP contribution in [0.4, 0.5) is 5.95 Å². The van der Waals surface area contributed by atoms with Gasteiger partial charge in [0.25, 0.3) is 0 Å². The first-order chi connectivity index (χ1) is 15.3. The van der Waals surface area contributed by atoms with Crippen LogP contribution in [0.3, 0.4) is 0 Å². The van der Waals surface area contributed by atoms with Crippen LogP contribution < -0.4 is 15.2 Å². The van der Waals surface area contributed by atoms with Gasteiger partial charge in [-0.3, -0.25) is 9.59 Å². The van der Waals surface area contributed by atoms with Gasteiger partial charge in [0, 0.05) is 31.2 Å². The van der Waals surface area contributed by atoms with Crippen LogP contribution in [0.1, 0.15) is 25.8 Å². The fraction of sp³-hybridized carbons (Fsp3) is 0.227. The van der Waals surface area contributed by atoms with E-state index < -0.39 is 11.9 Å². The molecule has 9 nitrogen and oxygen atoms in total. The van der Waals surface area contributed by atoms with Gasteiger partial charge in [0.15, 0.2) is 10.8 Å². The molecule has 0 saturated carbocycles. The largest absolute Gasteiger partial charge is 0.426 e. The third-order valence-corrected chi connectivity index (χ3v) is 5.07. The van der Waals surface area contributed by atoms with Gasteiger partial charge in [0.05, 0.1) is 6.33 Å². The molecule has 2 heterocycles. The Morgan fingerprint density at radius 1 is 1.03 bits per heavy atom. The highest BCUT2D eigenvalue weighted by Crippen LogP contribution is 2.34. The molecule has 4 aromatic rings. The second-order valence-corrected chi connectivity index (χ2v) is 7.57. The van der Waals surface area contributed by atoms with Gasteiger partial charge in [-0.15, -0.1) is 0 Å². The molecule has 0 fully saturated rings. The minimum atomic E-state index is -0.427. The summed E-state index contributed by atoms with van der Waals surface area (Å²) in [6, 6.07) is 8.98. The topological polar surface area (TPSA) is 122 Å². The molecule has 2 aromatic carbocycles. The summed E-state index contributed by atoms with van der Waals surface area (Å²) in [4.78, 5) is 35.4. The monoisotopic (exact) mass is 453 g/mol. The molecule has 0 aliphatic carbocycles. The van der Waals surface area contributed by atoms with Crippen LogP contribution >= 0.6 is 11.6 Å². The number of nitrogen functional groups attached to an aromatic ring is 1. The highest BCUT2D eigenvalue weighted by Gasteiger charge is 2.13. The molecule has 2 aromatic heterocycles. The smallest absolute Gasteiger partial charge is 0.308 e. The second-order valence-electron chi connectivity index (χ2n) is 7.22. The molecule has 0 atom stereocenters. The summed E-state index contributed by atoms with van der Waals surface area (Å²) >= 11 is 6.08. The molecular formula is C22H20ClN5O4. The summed E-state index contributed by atoms with van der Waals surface area (Å²) in [5.74, 6) is 0.0681. The van der Waals surface area contributed by atoms with Gasteiger partial charge >= 0.3 is 11.9 Å². The van der Waals surface area contributed by atoms with E-state index in [1.54, 1.807) is 18.5 Å². The number of anilines is 1. The maximum absolute atomic E-state index is 11.5. The Hall–Kier alpha value is -3.72. The highest BCUT2D eigenvalue weighted by molar-refractivity contribution is 6.33. The summed E-state index contributed by atoms with van der Waals surface area (Å²) in [7, 11) is 0. The summed E-state index contributed by atoms with van der Waals surface area (Å²) in [5, 5.41) is 1.60. The third kappa shape index (κ3) is 4.47. The average molecular weight is 454 g/mol. The lowest BCUT2D eigenvalue weighted by Crippen LogP contribution is -2.05. The lowest BCUT2D eigenvalue weighted by molar-refractivity contribution is -0.132. The van der Waals surface area contributed by atoms with Gasteiger partial charge in [-0.1, -0.05) is 23.7 Å². The third-order valence-electron chi connectivity index (χ3n) is 4.81. The zero-order chi connectivity index (χ0) is 22.8. The van der Waals surface area contributed by atoms with E-state index in [0.29, 0.717) is 40.0 Å². The van der Waals surface area contributed by atoms with Gasteiger partial charge in [-0.25, -0.2) is 4.98 Å². The Morgan fingerprint density at radius 3 is 2.41 bits per heavy atom. The van der Waals surface area contributed by atoms with Crippen molar-refractivity contribution in [2.24, 2.45) is 0 Å². The zero-order valence-electron chi connectivity index (χ0n) is 17.5. The number of carbonyl (C=O) groups is 2. The van der Waals surface area contributed by atoms with Crippen molar-refractivity contribution in [3.8, 4) is 11.5 Å². The summed E-state index contributed by atoms with van der Waals surface area (Å²) < 4.78 is 12.5. The Morgan fingerprint density at radius 2 is 1.72 bits per heavy atom. The lowest BCUT2D eigenvalue weighted by Gasteiger charge is -2.12. The van der Waals surface area contributed by atoms with Crippen LogP contribution in [-0.2, 0) is 22.6 Å². The van der Waals surface area contributed by atoms with E-state index in [9.17, 15) is 9.59 Å². The zero-order valence-corrected chi connectivity index (χ0v) is 18.2. The number of carbonyl (C=O) groups excluding carboxylic acids is 2. The number of hydrogen-bond acceptors (Lipinski definition) is 8. The first-order valence-corrected chi connectivity index (χ1v) is 10.3. The highest BCUT2D eigenvalue weighted by atomic mass is 35.5. The first kappa shape index (κ1) is 21.5. The number of nitrogens with two attached hydrogens (primary N) is 1. The molecular weight excluding hydrogens is 434 g/mol. The van der Waals surface area contributed by atoms with Crippen molar-refractivity contribution in [2.45, 2.75) is 33.2 Å². The maximum atomic E-state index is 11.5. The van der Waals surface area contributed by atoms with Crippen molar-refractivity contribution in [3.63, 3.8) is 0 Å². The Kier molecular flexibility index (Phi) is 5.91. The van der Waals surface area contributed by atoms with Crippen LogP contribution in [0.25, 0.3) is 21.9 Å². The van der Waals surface area contributed by atoms with Gasteiger partial charge in [0.1, 0.15) is 17.0 Å². The van der Waals surface area contributed by atoms with E-state index in [0.717, 1.165) is 18.4 Å². The Balaban J connectivity index is 1.58. The molecule has 0 bridgehead atoms. The lowest BCUT2D eigenvalue weighted by atomic mass is 10.0.